The van der Waals surface area contributed by atoms with E-state index in [2.05, 4.69) is 0 Å². The Labute approximate surface area is 143 Å². The molecule has 1 aromatic heterocycles. The lowest BCUT2D eigenvalue weighted by atomic mass is 10.1. The second kappa shape index (κ2) is 5.94. The fourth-order valence-corrected chi connectivity index (χ4v) is 3.04. The van der Waals surface area contributed by atoms with Crippen LogP contribution >= 0.6 is 0 Å². The van der Waals surface area contributed by atoms with Gasteiger partial charge in [-0.1, -0.05) is 42.5 Å². The fraction of sp³-hybridized carbons (Fsp3) is 0.100. The van der Waals surface area contributed by atoms with E-state index in [-0.39, 0.29) is 12.2 Å². The molecule has 0 N–H and O–H groups in total. The molecule has 4 rings (SSSR count). The number of aryl methyl sites for hydroxylation is 1. The van der Waals surface area contributed by atoms with Crippen LogP contribution in [0.3, 0.4) is 0 Å². The smallest absolute Gasteiger partial charge is 0.331 e. The summed E-state index contributed by atoms with van der Waals surface area (Å²) in [7, 11) is 1.69. The fourth-order valence-electron chi connectivity index (χ4n) is 3.04. The largest absolute Gasteiger partial charge is 0.425 e. The minimum Gasteiger partial charge on any atom is -0.425 e. The molecule has 0 amide bonds. The van der Waals surface area contributed by atoms with Crippen LogP contribution in [0.15, 0.2) is 71.5 Å². The quantitative estimate of drug-likeness (QED) is 0.428. The molecule has 0 radical (unpaired) electrons. The summed E-state index contributed by atoms with van der Waals surface area (Å²) >= 11 is 0. The maximum atomic E-state index is 12.4. The van der Waals surface area contributed by atoms with Gasteiger partial charge in [0.1, 0.15) is 12.3 Å². The van der Waals surface area contributed by atoms with E-state index >= 15 is 0 Å². The Hall–Kier alpha value is -3.34. The van der Waals surface area contributed by atoms with Gasteiger partial charge in [-0.25, -0.2) is 9.59 Å². The van der Waals surface area contributed by atoms with Crippen molar-refractivity contribution in [3.8, 4) is 5.75 Å². The van der Waals surface area contributed by atoms with E-state index in [0.717, 1.165) is 16.3 Å². The first-order chi connectivity index (χ1) is 12.1. The third-order valence-electron chi connectivity index (χ3n) is 4.29. The van der Waals surface area contributed by atoms with E-state index in [1.165, 1.54) is 9.13 Å². The predicted octanol–water partition coefficient (Wildman–Crippen LogP) is 3.10. The SMILES string of the molecule is Cn1c(=O)n(CC(=O)Oc2ccc3ccccc3c2)c2ccccc21. The van der Waals surface area contributed by atoms with Crippen molar-refractivity contribution in [1.29, 1.82) is 0 Å². The summed E-state index contributed by atoms with van der Waals surface area (Å²) in [5.74, 6) is -0.00859. The third-order valence-corrected chi connectivity index (χ3v) is 4.29. The van der Waals surface area contributed by atoms with Crippen LogP contribution in [0.25, 0.3) is 21.8 Å². The summed E-state index contributed by atoms with van der Waals surface area (Å²) in [5.41, 5.74) is 1.26. The number of carbonyl (C=O) groups is 1. The van der Waals surface area contributed by atoms with Crippen molar-refractivity contribution >= 4 is 27.8 Å². The van der Waals surface area contributed by atoms with E-state index in [0.29, 0.717) is 11.3 Å². The lowest BCUT2D eigenvalue weighted by Crippen LogP contribution is -2.27. The van der Waals surface area contributed by atoms with Gasteiger partial charge in [0.25, 0.3) is 0 Å². The highest BCUT2D eigenvalue weighted by Gasteiger charge is 2.14. The number of nitrogens with zero attached hydrogens (tertiary/aromatic N) is 2. The van der Waals surface area contributed by atoms with Gasteiger partial charge in [-0.2, -0.15) is 0 Å². The molecule has 0 spiro atoms. The third kappa shape index (κ3) is 2.70. The molecule has 5 nitrogen and oxygen atoms in total. The summed E-state index contributed by atoms with van der Waals surface area (Å²) < 4.78 is 8.39. The molecular formula is C20H16N2O3. The van der Waals surface area contributed by atoms with Crippen LogP contribution < -0.4 is 10.4 Å². The zero-order valence-corrected chi connectivity index (χ0v) is 13.7. The molecule has 3 aromatic carbocycles. The summed E-state index contributed by atoms with van der Waals surface area (Å²) in [4.78, 5) is 24.7. The maximum Gasteiger partial charge on any atom is 0.331 e. The number of benzene rings is 3. The molecule has 0 bridgehead atoms. The van der Waals surface area contributed by atoms with Crippen molar-refractivity contribution in [2.45, 2.75) is 6.54 Å². The number of imidazole rings is 1. The first-order valence-electron chi connectivity index (χ1n) is 7.97. The van der Waals surface area contributed by atoms with E-state index in [9.17, 15) is 9.59 Å². The molecule has 1 heterocycles. The summed E-state index contributed by atoms with van der Waals surface area (Å²) in [6.45, 7) is -0.132. The molecule has 5 heteroatoms. The monoisotopic (exact) mass is 332 g/mol. The van der Waals surface area contributed by atoms with Crippen LogP contribution in [0.2, 0.25) is 0 Å². The molecule has 0 aliphatic heterocycles. The number of rotatable bonds is 3. The topological polar surface area (TPSA) is 53.2 Å². The lowest BCUT2D eigenvalue weighted by molar-refractivity contribution is -0.135. The predicted molar refractivity (Wildman–Crippen MR) is 96.8 cm³/mol. The first-order valence-corrected chi connectivity index (χ1v) is 7.97. The molecule has 0 aliphatic carbocycles. The van der Waals surface area contributed by atoms with Crippen LogP contribution in [-0.4, -0.2) is 15.1 Å². The molecular weight excluding hydrogens is 316 g/mol. The Morgan fingerprint density at radius 3 is 2.40 bits per heavy atom. The van der Waals surface area contributed by atoms with Crippen molar-refractivity contribution in [3.05, 3.63) is 77.2 Å². The van der Waals surface area contributed by atoms with E-state index in [1.54, 1.807) is 13.1 Å². The molecule has 0 saturated carbocycles. The van der Waals surface area contributed by atoms with Crippen molar-refractivity contribution < 1.29 is 9.53 Å². The van der Waals surface area contributed by atoms with E-state index < -0.39 is 5.97 Å². The van der Waals surface area contributed by atoms with Crippen molar-refractivity contribution in [2.75, 3.05) is 0 Å². The summed E-state index contributed by atoms with van der Waals surface area (Å²) in [6.07, 6.45) is 0. The summed E-state index contributed by atoms with van der Waals surface area (Å²) in [5, 5.41) is 2.07. The van der Waals surface area contributed by atoms with Gasteiger partial charge < -0.3 is 4.74 Å². The van der Waals surface area contributed by atoms with Crippen LogP contribution in [0.4, 0.5) is 0 Å². The van der Waals surface area contributed by atoms with Crippen LogP contribution in [0.5, 0.6) is 5.75 Å². The van der Waals surface area contributed by atoms with Gasteiger partial charge in [0.2, 0.25) is 0 Å². The molecule has 0 fully saturated rings. The molecule has 124 valence electrons. The molecule has 0 unspecified atom stereocenters. The molecule has 0 aliphatic rings. The second-order valence-corrected chi connectivity index (χ2v) is 5.90. The van der Waals surface area contributed by atoms with Gasteiger partial charge in [-0.3, -0.25) is 9.13 Å². The van der Waals surface area contributed by atoms with Gasteiger partial charge in [-0.15, -0.1) is 0 Å². The van der Waals surface area contributed by atoms with Gasteiger partial charge >= 0.3 is 11.7 Å². The number of esters is 1. The molecule has 25 heavy (non-hydrogen) atoms. The van der Waals surface area contributed by atoms with E-state index in [4.69, 9.17) is 4.74 Å². The number of hydrogen-bond acceptors (Lipinski definition) is 3. The average molecular weight is 332 g/mol. The van der Waals surface area contributed by atoms with Crippen molar-refractivity contribution in [1.82, 2.24) is 9.13 Å². The van der Waals surface area contributed by atoms with Crippen LogP contribution in [0.1, 0.15) is 0 Å². The first kappa shape index (κ1) is 15.2. The Bertz CT molecular complexity index is 1150. The van der Waals surface area contributed by atoms with E-state index in [1.807, 2.05) is 60.7 Å². The molecule has 0 saturated heterocycles. The highest BCUT2D eigenvalue weighted by molar-refractivity contribution is 5.85. The van der Waals surface area contributed by atoms with Gasteiger partial charge in [0, 0.05) is 7.05 Å². The Morgan fingerprint density at radius 2 is 1.60 bits per heavy atom. The van der Waals surface area contributed by atoms with Crippen molar-refractivity contribution in [2.24, 2.45) is 7.05 Å². The zero-order chi connectivity index (χ0) is 17.4. The number of ether oxygens (including phenoxy) is 1. The number of hydrogen-bond donors (Lipinski definition) is 0. The lowest BCUT2D eigenvalue weighted by Gasteiger charge is -2.06. The summed E-state index contributed by atoms with van der Waals surface area (Å²) in [6, 6.07) is 20.7. The normalized spacial score (nSPS) is 11.1. The number of para-hydroxylation sites is 2. The second-order valence-electron chi connectivity index (χ2n) is 5.90. The minimum absolute atomic E-state index is 0.132. The van der Waals surface area contributed by atoms with Crippen molar-refractivity contribution in [3.63, 3.8) is 0 Å². The van der Waals surface area contributed by atoms with Crippen LogP contribution in [0, 0.1) is 0 Å². The van der Waals surface area contributed by atoms with Gasteiger partial charge in [0.05, 0.1) is 11.0 Å². The number of fused-ring (bicyclic) bond motifs is 2. The number of aromatic nitrogens is 2. The Balaban J connectivity index is 1.62. The average Bonchev–Trinajstić information content (AvgIpc) is 2.87. The Morgan fingerprint density at radius 1 is 0.920 bits per heavy atom. The Kier molecular flexibility index (Phi) is 3.61. The maximum absolute atomic E-state index is 12.4. The minimum atomic E-state index is -0.478. The molecule has 4 aromatic rings. The van der Waals surface area contributed by atoms with Gasteiger partial charge in [-0.05, 0) is 35.0 Å². The highest BCUT2D eigenvalue weighted by Crippen LogP contribution is 2.21. The standard InChI is InChI=1S/C20H16N2O3/c1-21-17-8-4-5-9-18(17)22(20(21)24)13-19(23)25-16-11-10-14-6-2-3-7-15(14)12-16/h2-12H,13H2,1H3. The molecule has 0 atom stereocenters. The highest BCUT2D eigenvalue weighted by atomic mass is 16.5. The number of carbonyl (C=O) groups excluding carboxylic acids is 1. The van der Waals surface area contributed by atoms with Gasteiger partial charge in [0.15, 0.2) is 0 Å². The van der Waals surface area contributed by atoms with Crippen LogP contribution in [-0.2, 0) is 18.4 Å². The zero-order valence-electron chi connectivity index (χ0n) is 13.7.